The summed E-state index contributed by atoms with van der Waals surface area (Å²) in [4.78, 5) is 0.786. The predicted molar refractivity (Wildman–Crippen MR) is 76.3 cm³/mol. The molecule has 0 fully saturated rings. The minimum atomic E-state index is -1.33. The van der Waals surface area contributed by atoms with Gasteiger partial charge in [0.05, 0.1) is 10.0 Å². The Morgan fingerprint density at radius 1 is 1.16 bits per heavy atom. The van der Waals surface area contributed by atoms with E-state index in [4.69, 9.17) is 0 Å². The molecule has 0 saturated heterocycles. The van der Waals surface area contributed by atoms with Gasteiger partial charge in [0.1, 0.15) is 17.7 Å². The zero-order chi connectivity index (χ0) is 14.0. The van der Waals surface area contributed by atoms with Gasteiger partial charge >= 0.3 is 0 Å². The van der Waals surface area contributed by atoms with Gasteiger partial charge in [-0.05, 0) is 45.9 Å². The topological polar surface area (TPSA) is 20.2 Å². The second-order valence-corrected chi connectivity index (χ2v) is 5.60. The maximum Gasteiger partial charge on any atom is 0.146 e. The summed E-state index contributed by atoms with van der Waals surface area (Å²) in [7, 11) is 0. The Balaban J connectivity index is 2.56. The van der Waals surface area contributed by atoms with Crippen LogP contribution in [-0.2, 0) is 0 Å². The summed E-state index contributed by atoms with van der Waals surface area (Å²) < 4.78 is 27.9. The van der Waals surface area contributed by atoms with Crippen molar-refractivity contribution < 1.29 is 13.9 Å². The Morgan fingerprint density at radius 3 is 2.53 bits per heavy atom. The zero-order valence-corrected chi connectivity index (χ0v) is 12.4. The second-order valence-electron chi connectivity index (χ2n) is 3.90. The van der Waals surface area contributed by atoms with E-state index in [-0.39, 0.29) is 10.0 Å². The number of hydrogen-bond donors (Lipinski definition) is 1. The number of aliphatic hydroxyl groups excluding tert-OH is 1. The van der Waals surface area contributed by atoms with Gasteiger partial charge < -0.3 is 5.11 Å². The third-order valence-corrected chi connectivity index (χ3v) is 4.21. The number of benzene rings is 2. The van der Waals surface area contributed by atoms with Crippen molar-refractivity contribution in [3.8, 4) is 0 Å². The van der Waals surface area contributed by atoms with Crippen LogP contribution in [0.15, 0.2) is 45.8 Å². The van der Waals surface area contributed by atoms with E-state index in [0.717, 1.165) is 11.0 Å². The SMILES string of the molecule is CSc1ccccc1C(O)c1c(F)ccc(Br)c1F. The minimum Gasteiger partial charge on any atom is -0.383 e. The Bertz CT molecular complexity index is 604. The number of halogens is 3. The number of rotatable bonds is 3. The van der Waals surface area contributed by atoms with Gasteiger partial charge in [-0.3, -0.25) is 0 Å². The van der Waals surface area contributed by atoms with E-state index in [9.17, 15) is 13.9 Å². The molecule has 2 aromatic rings. The van der Waals surface area contributed by atoms with Crippen LogP contribution in [0, 0.1) is 11.6 Å². The average Bonchev–Trinajstić information content (AvgIpc) is 2.43. The highest BCUT2D eigenvalue weighted by Crippen LogP contribution is 2.34. The summed E-state index contributed by atoms with van der Waals surface area (Å²) >= 11 is 4.42. The molecule has 1 N–H and O–H groups in total. The van der Waals surface area contributed by atoms with Crippen molar-refractivity contribution in [1.82, 2.24) is 0 Å². The van der Waals surface area contributed by atoms with Crippen LogP contribution in [0.4, 0.5) is 8.78 Å². The Kier molecular flexibility index (Phi) is 4.60. The molecule has 100 valence electrons. The number of hydrogen-bond acceptors (Lipinski definition) is 2. The lowest BCUT2D eigenvalue weighted by atomic mass is 10.0. The van der Waals surface area contributed by atoms with Gasteiger partial charge in [-0.1, -0.05) is 18.2 Å². The normalized spacial score (nSPS) is 12.5. The molecular formula is C14H11BrF2OS. The first kappa shape index (κ1) is 14.5. The molecule has 0 amide bonds. The number of aliphatic hydroxyl groups is 1. The number of thioether (sulfide) groups is 1. The summed E-state index contributed by atoms with van der Waals surface area (Å²) in [5, 5.41) is 10.3. The second kappa shape index (κ2) is 6.03. The molecule has 0 spiro atoms. The Hall–Kier alpha value is -0.910. The minimum absolute atomic E-state index is 0.129. The van der Waals surface area contributed by atoms with E-state index >= 15 is 0 Å². The van der Waals surface area contributed by atoms with Crippen LogP contribution in [0.1, 0.15) is 17.2 Å². The third kappa shape index (κ3) is 2.83. The van der Waals surface area contributed by atoms with Crippen LogP contribution in [0.2, 0.25) is 0 Å². The molecule has 0 aromatic heterocycles. The van der Waals surface area contributed by atoms with E-state index in [0.29, 0.717) is 5.56 Å². The standard InChI is InChI=1S/C14H11BrF2OS/c1-19-11-5-3-2-4-8(11)14(18)12-10(16)7-6-9(15)13(12)17/h2-7,14,18H,1H3. The largest absolute Gasteiger partial charge is 0.383 e. The van der Waals surface area contributed by atoms with Crippen LogP contribution in [0.3, 0.4) is 0 Å². The molecule has 1 atom stereocenters. The molecule has 5 heteroatoms. The molecule has 1 unspecified atom stereocenters. The summed E-state index contributed by atoms with van der Waals surface area (Å²) in [5.41, 5.74) is 0.154. The molecule has 0 bridgehead atoms. The molecule has 0 radical (unpaired) electrons. The molecular weight excluding hydrogens is 334 g/mol. The lowest BCUT2D eigenvalue weighted by Gasteiger charge is -2.16. The van der Waals surface area contributed by atoms with Crippen molar-refractivity contribution in [3.05, 3.63) is 63.6 Å². The van der Waals surface area contributed by atoms with Crippen LogP contribution in [0.5, 0.6) is 0 Å². The summed E-state index contributed by atoms with van der Waals surface area (Å²) in [6, 6.07) is 9.42. The molecule has 2 rings (SSSR count). The molecule has 0 aliphatic heterocycles. The summed E-state index contributed by atoms with van der Waals surface area (Å²) in [6.45, 7) is 0. The van der Waals surface area contributed by atoms with Gasteiger partial charge in [0.15, 0.2) is 0 Å². The summed E-state index contributed by atoms with van der Waals surface area (Å²) in [6.07, 6.45) is 0.514. The Morgan fingerprint density at radius 2 is 1.84 bits per heavy atom. The van der Waals surface area contributed by atoms with E-state index in [1.54, 1.807) is 18.2 Å². The quantitative estimate of drug-likeness (QED) is 0.652. The maximum absolute atomic E-state index is 14.0. The maximum atomic E-state index is 14.0. The van der Waals surface area contributed by atoms with E-state index in [2.05, 4.69) is 15.9 Å². The third-order valence-electron chi connectivity index (χ3n) is 2.79. The fraction of sp³-hybridized carbons (Fsp3) is 0.143. The van der Waals surface area contributed by atoms with Crippen molar-refractivity contribution in [1.29, 1.82) is 0 Å². The molecule has 1 nitrogen and oxygen atoms in total. The highest BCUT2D eigenvalue weighted by Gasteiger charge is 2.23. The van der Waals surface area contributed by atoms with E-state index in [1.807, 2.05) is 12.3 Å². The van der Waals surface area contributed by atoms with E-state index < -0.39 is 17.7 Å². The molecule has 0 heterocycles. The van der Waals surface area contributed by atoms with Gasteiger partial charge in [0, 0.05) is 4.90 Å². The van der Waals surface area contributed by atoms with E-state index in [1.165, 1.54) is 17.8 Å². The first-order valence-corrected chi connectivity index (χ1v) is 7.52. The van der Waals surface area contributed by atoms with Crippen molar-refractivity contribution in [2.24, 2.45) is 0 Å². The summed E-state index contributed by atoms with van der Waals surface area (Å²) in [5.74, 6) is -1.53. The average molecular weight is 345 g/mol. The van der Waals surface area contributed by atoms with Crippen molar-refractivity contribution >= 4 is 27.7 Å². The molecule has 0 aliphatic rings. The van der Waals surface area contributed by atoms with Crippen molar-refractivity contribution in [3.63, 3.8) is 0 Å². The zero-order valence-electron chi connectivity index (χ0n) is 10.0. The van der Waals surface area contributed by atoms with Crippen molar-refractivity contribution in [2.75, 3.05) is 6.26 Å². The van der Waals surface area contributed by atoms with Crippen LogP contribution in [0.25, 0.3) is 0 Å². The molecule has 0 aliphatic carbocycles. The monoisotopic (exact) mass is 344 g/mol. The van der Waals surface area contributed by atoms with Gasteiger partial charge in [-0.2, -0.15) is 0 Å². The van der Waals surface area contributed by atoms with Crippen molar-refractivity contribution in [2.45, 2.75) is 11.0 Å². The van der Waals surface area contributed by atoms with Crippen LogP contribution < -0.4 is 0 Å². The smallest absolute Gasteiger partial charge is 0.146 e. The van der Waals surface area contributed by atoms with Gasteiger partial charge in [0.2, 0.25) is 0 Å². The molecule has 2 aromatic carbocycles. The fourth-order valence-electron chi connectivity index (χ4n) is 1.84. The lowest BCUT2D eigenvalue weighted by molar-refractivity contribution is 0.206. The van der Waals surface area contributed by atoms with Crippen LogP contribution in [-0.4, -0.2) is 11.4 Å². The first-order chi connectivity index (χ1) is 9.06. The first-order valence-electron chi connectivity index (χ1n) is 5.50. The molecule has 0 saturated carbocycles. The predicted octanol–water partition coefficient (Wildman–Crippen LogP) is 4.53. The highest BCUT2D eigenvalue weighted by atomic mass is 79.9. The lowest BCUT2D eigenvalue weighted by Crippen LogP contribution is -2.07. The fourth-order valence-corrected chi connectivity index (χ4v) is 2.82. The highest BCUT2D eigenvalue weighted by molar-refractivity contribution is 9.10. The van der Waals surface area contributed by atoms with Crippen LogP contribution >= 0.6 is 27.7 Å². The Labute approximate surface area is 122 Å². The molecule has 19 heavy (non-hydrogen) atoms. The van der Waals surface area contributed by atoms with Gasteiger partial charge in [-0.15, -0.1) is 11.8 Å². The van der Waals surface area contributed by atoms with Gasteiger partial charge in [0.25, 0.3) is 0 Å². The van der Waals surface area contributed by atoms with Gasteiger partial charge in [-0.25, -0.2) is 8.78 Å².